The second-order valence-electron chi connectivity index (χ2n) is 6.24. The molecule has 0 atom stereocenters. The lowest BCUT2D eigenvalue weighted by molar-refractivity contribution is 0.338. The maximum Gasteiger partial charge on any atom is 0.0412 e. The molecule has 1 saturated carbocycles. The van der Waals surface area contributed by atoms with Crippen molar-refractivity contribution in [2.24, 2.45) is 0 Å². The minimum atomic E-state index is 0.373. The molecule has 0 saturated heterocycles. The lowest BCUT2D eigenvalue weighted by Gasteiger charge is -2.35. The third-order valence-corrected chi connectivity index (χ3v) is 5.51. The van der Waals surface area contributed by atoms with E-state index in [1.54, 1.807) is 0 Å². The molecule has 2 nitrogen and oxygen atoms in total. The van der Waals surface area contributed by atoms with Gasteiger partial charge >= 0.3 is 0 Å². The zero-order valence-electron chi connectivity index (χ0n) is 12.5. The summed E-state index contributed by atoms with van der Waals surface area (Å²) in [6.07, 6.45) is 8.96. The summed E-state index contributed by atoms with van der Waals surface area (Å²) in [6, 6.07) is 8.96. The Kier molecular flexibility index (Phi) is 4.57. The van der Waals surface area contributed by atoms with Gasteiger partial charge < -0.3 is 10.2 Å². The van der Waals surface area contributed by atoms with Crippen LogP contribution in [0.5, 0.6) is 0 Å². The number of rotatable bonds is 4. The van der Waals surface area contributed by atoms with Crippen molar-refractivity contribution in [3.05, 3.63) is 29.8 Å². The van der Waals surface area contributed by atoms with Crippen molar-refractivity contribution in [1.82, 2.24) is 5.32 Å². The standard InChI is InChI=1S/C17H26N2S/c1-20-12-6-11-19-14-17(9-4-5-10-17)18-13-15-7-2-3-8-16(15)19/h2-3,7-8,18H,4-6,9-14H2,1H3. The average molecular weight is 290 g/mol. The number of nitrogens with one attached hydrogen (secondary N) is 1. The smallest absolute Gasteiger partial charge is 0.0412 e. The third kappa shape index (κ3) is 2.99. The lowest BCUT2D eigenvalue weighted by Crippen LogP contribution is -2.49. The van der Waals surface area contributed by atoms with E-state index in [9.17, 15) is 0 Å². The van der Waals surface area contributed by atoms with Crippen molar-refractivity contribution in [2.75, 3.05) is 30.0 Å². The first-order valence-corrected chi connectivity index (χ1v) is 9.29. The van der Waals surface area contributed by atoms with E-state index in [0.717, 1.165) is 6.54 Å². The number of fused-ring (bicyclic) bond motifs is 1. The zero-order chi connectivity index (χ0) is 13.8. The van der Waals surface area contributed by atoms with Crippen LogP contribution in [-0.2, 0) is 6.54 Å². The molecule has 0 bridgehead atoms. The van der Waals surface area contributed by atoms with E-state index >= 15 is 0 Å². The van der Waals surface area contributed by atoms with E-state index in [-0.39, 0.29) is 0 Å². The molecule has 20 heavy (non-hydrogen) atoms. The Hall–Kier alpha value is -0.670. The highest BCUT2D eigenvalue weighted by Gasteiger charge is 2.37. The van der Waals surface area contributed by atoms with Crippen molar-refractivity contribution >= 4 is 17.4 Å². The van der Waals surface area contributed by atoms with Crippen molar-refractivity contribution < 1.29 is 0 Å². The molecule has 3 heteroatoms. The SMILES string of the molecule is CSCCCN1CC2(CCCC2)NCc2ccccc21. The van der Waals surface area contributed by atoms with Gasteiger partial charge in [0.15, 0.2) is 0 Å². The number of benzene rings is 1. The normalized spacial score (nSPS) is 20.9. The first-order valence-electron chi connectivity index (χ1n) is 7.90. The van der Waals surface area contributed by atoms with Gasteiger partial charge in [-0.3, -0.25) is 0 Å². The summed E-state index contributed by atoms with van der Waals surface area (Å²) < 4.78 is 0. The van der Waals surface area contributed by atoms with Gasteiger partial charge in [-0.15, -0.1) is 0 Å². The molecule has 1 fully saturated rings. The molecule has 0 unspecified atom stereocenters. The molecule has 1 heterocycles. The summed E-state index contributed by atoms with van der Waals surface area (Å²) in [5.41, 5.74) is 3.31. The lowest BCUT2D eigenvalue weighted by atomic mass is 9.97. The van der Waals surface area contributed by atoms with Gasteiger partial charge in [0.1, 0.15) is 0 Å². The fraction of sp³-hybridized carbons (Fsp3) is 0.647. The van der Waals surface area contributed by atoms with Crippen molar-refractivity contribution in [3.8, 4) is 0 Å². The van der Waals surface area contributed by atoms with Crippen LogP contribution in [-0.4, -0.2) is 30.6 Å². The number of hydrogen-bond acceptors (Lipinski definition) is 3. The van der Waals surface area contributed by atoms with Crippen LogP contribution in [0, 0.1) is 0 Å². The average Bonchev–Trinajstić information content (AvgIpc) is 2.87. The van der Waals surface area contributed by atoms with E-state index in [1.807, 2.05) is 11.8 Å². The summed E-state index contributed by atoms with van der Waals surface area (Å²) in [4.78, 5) is 2.65. The van der Waals surface area contributed by atoms with Gasteiger partial charge in [0.25, 0.3) is 0 Å². The van der Waals surface area contributed by atoms with Crippen LogP contribution in [0.25, 0.3) is 0 Å². The number of para-hydroxylation sites is 1. The topological polar surface area (TPSA) is 15.3 Å². The fourth-order valence-electron chi connectivity index (χ4n) is 3.74. The summed E-state index contributed by atoms with van der Waals surface area (Å²) in [7, 11) is 0. The summed E-state index contributed by atoms with van der Waals surface area (Å²) in [5, 5.41) is 3.89. The molecule has 1 N–H and O–H groups in total. The number of nitrogens with zero attached hydrogens (tertiary/aromatic N) is 1. The largest absolute Gasteiger partial charge is 0.369 e. The molecule has 1 aliphatic heterocycles. The number of anilines is 1. The molecule has 110 valence electrons. The Balaban J connectivity index is 1.81. The van der Waals surface area contributed by atoms with Crippen molar-refractivity contribution in [2.45, 2.75) is 44.2 Å². The van der Waals surface area contributed by atoms with E-state index in [4.69, 9.17) is 0 Å². The summed E-state index contributed by atoms with van der Waals surface area (Å²) >= 11 is 1.96. The van der Waals surface area contributed by atoms with Gasteiger partial charge in [0.2, 0.25) is 0 Å². The van der Waals surface area contributed by atoms with Gasteiger partial charge in [0, 0.05) is 30.9 Å². The molecule has 1 aliphatic carbocycles. The Morgan fingerprint density at radius 2 is 2.05 bits per heavy atom. The summed E-state index contributed by atoms with van der Waals surface area (Å²) in [5.74, 6) is 1.26. The quantitative estimate of drug-likeness (QED) is 0.852. The molecule has 1 aromatic rings. The van der Waals surface area contributed by atoms with Gasteiger partial charge in [-0.25, -0.2) is 0 Å². The second kappa shape index (κ2) is 6.40. The van der Waals surface area contributed by atoms with Gasteiger partial charge in [0.05, 0.1) is 0 Å². The summed E-state index contributed by atoms with van der Waals surface area (Å²) in [6.45, 7) is 3.43. The molecule has 2 aliphatic rings. The van der Waals surface area contributed by atoms with E-state index < -0.39 is 0 Å². The predicted octanol–water partition coefficient (Wildman–Crippen LogP) is 3.66. The van der Waals surface area contributed by atoms with Crippen LogP contribution in [0.3, 0.4) is 0 Å². The van der Waals surface area contributed by atoms with E-state index in [2.05, 4.69) is 40.7 Å². The van der Waals surface area contributed by atoms with E-state index in [1.165, 1.54) is 62.2 Å². The van der Waals surface area contributed by atoms with Crippen LogP contribution in [0.1, 0.15) is 37.7 Å². The highest BCUT2D eigenvalue weighted by molar-refractivity contribution is 7.98. The van der Waals surface area contributed by atoms with Crippen LogP contribution in [0.2, 0.25) is 0 Å². The predicted molar refractivity (Wildman–Crippen MR) is 89.7 cm³/mol. The molecule has 1 aromatic carbocycles. The minimum Gasteiger partial charge on any atom is -0.369 e. The fourth-order valence-corrected chi connectivity index (χ4v) is 4.16. The first kappa shape index (κ1) is 14.3. The van der Waals surface area contributed by atoms with Gasteiger partial charge in [-0.1, -0.05) is 31.0 Å². The first-order chi connectivity index (χ1) is 9.83. The monoisotopic (exact) mass is 290 g/mol. The minimum absolute atomic E-state index is 0.373. The van der Waals surface area contributed by atoms with Gasteiger partial charge in [-0.2, -0.15) is 11.8 Å². The Morgan fingerprint density at radius 1 is 1.25 bits per heavy atom. The van der Waals surface area contributed by atoms with Crippen LogP contribution in [0.15, 0.2) is 24.3 Å². The Morgan fingerprint density at radius 3 is 2.85 bits per heavy atom. The zero-order valence-corrected chi connectivity index (χ0v) is 13.3. The third-order valence-electron chi connectivity index (χ3n) is 4.82. The Labute approximate surface area is 127 Å². The Bertz CT molecular complexity index is 440. The maximum absolute atomic E-state index is 3.89. The van der Waals surface area contributed by atoms with Crippen LogP contribution in [0.4, 0.5) is 5.69 Å². The number of thioether (sulfide) groups is 1. The number of hydrogen-bond donors (Lipinski definition) is 1. The van der Waals surface area contributed by atoms with Gasteiger partial charge in [-0.05, 0) is 42.9 Å². The molecule has 0 aromatic heterocycles. The second-order valence-corrected chi connectivity index (χ2v) is 7.22. The molecule has 3 rings (SSSR count). The van der Waals surface area contributed by atoms with Crippen molar-refractivity contribution in [3.63, 3.8) is 0 Å². The van der Waals surface area contributed by atoms with Crippen LogP contribution < -0.4 is 10.2 Å². The molecule has 0 amide bonds. The molecule has 0 radical (unpaired) electrons. The highest BCUT2D eigenvalue weighted by atomic mass is 32.2. The molecule has 1 spiro atoms. The van der Waals surface area contributed by atoms with Crippen molar-refractivity contribution in [1.29, 1.82) is 0 Å². The van der Waals surface area contributed by atoms with E-state index in [0.29, 0.717) is 5.54 Å². The highest BCUT2D eigenvalue weighted by Crippen LogP contribution is 2.35. The van der Waals surface area contributed by atoms with Crippen LogP contribution >= 0.6 is 11.8 Å². The molecular formula is C17H26N2S. The maximum atomic E-state index is 3.89. The molecular weight excluding hydrogens is 264 g/mol.